The van der Waals surface area contributed by atoms with Gasteiger partial charge in [0.15, 0.2) is 0 Å². The van der Waals surface area contributed by atoms with Crippen molar-refractivity contribution in [3.8, 4) is 0 Å². The van der Waals surface area contributed by atoms with Gasteiger partial charge in [-0.05, 0) is 0 Å². The Morgan fingerprint density at radius 2 is 1.63 bits per heavy atom. The summed E-state index contributed by atoms with van der Waals surface area (Å²) < 4.78 is 6.54. The first-order valence-corrected chi connectivity index (χ1v) is 13.1. The molecular formula is C13H26Cl2N2ORu. The summed E-state index contributed by atoms with van der Waals surface area (Å²) in [5.41, 5.74) is 0. The molecule has 0 aromatic carbocycles. The average Bonchev–Trinajstić information content (AvgIpc) is 2.35. The first-order valence-electron chi connectivity index (χ1n) is 6.79. The molecule has 1 rings (SSSR count). The van der Waals surface area contributed by atoms with Crippen LogP contribution in [0.1, 0.15) is 41.0 Å². The maximum atomic E-state index is 6.71. The molecule has 0 unspecified atom stereocenters. The predicted molar refractivity (Wildman–Crippen MR) is 82.7 cm³/mol. The molecule has 1 saturated heterocycles. The fourth-order valence-corrected chi connectivity index (χ4v) is 7.92. The topological polar surface area (TPSA) is 15.7 Å². The van der Waals surface area contributed by atoms with Crippen LogP contribution in [0.3, 0.4) is 0 Å². The van der Waals surface area contributed by atoms with E-state index in [-0.39, 0.29) is 0 Å². The van der Waals surface area contributed by atoms with Crippen molar-refractivity contribution in [1.82, 2.24) is 9.80 Å². The van der Waals surface area contributed by atoms with Gasteiger partial charge in [0.05, 0.1) is 0 Å². The van der Waals surface area contributed by atoms with Crippen LogP contribution in [0.5, 0.6) is 0 Å². The van der Waals surface area contributed by atoms with Crippen molar-refractivity contribution in [2.75, 3.05) is 19.7 Å². The molecule has 0 radical (unpaired) electrons. The summed E-state index contributed by atoms with van der Waals surface area (Å²) in [4.78, 5) is 6.42. The van der Waals surface area contributed by atoms with Gasteiger partial charge in [-0.25, -0.2) is 0 Å². The molecule has 6 heteroatoms. The third kappa shape index (κ3) is 4.66. The van der Waals surface area contributed by atoms with Crippen LogP contribution in [0.4, 0.5) is 0 Å². The quantitative estimate of drug-likeness (QED) is 0.677. The van der Waals surface area contributed by atoms with Crippen molar-refractivity contribution in [1.29, 1.82) is 0 Å². The van der Waals surface area contributed by atoms with E-state index in [0.29, 0.717) is 18.7 Å². The summed E-state index contributed by atoms with van der Waals surface area (Å²) >= 11 is -3.07. The Bertz CT molecular complexity index is 389. The Morgan fingerprint density at radius 3 is 2.00 bits per heavy atom. The number of nitrogens with zero attached hydrogens (tertiary/aromatic N) is 2. The average molecular weight is 398 g/mol. The molecule has 3 nitrogen and oxygen atoms in total. The Hall–Kier alpha value is 0.823. The van der Waals surface area contributed by atoms with Crippen molar-refractivity contribution in [2.24, 2.45) is 0 Å². The van der Waals surface area contributed by atoms with E-state index in [1.54, 1.807) is 4.80 Å². The Labute approximate surface area is 127 Å². The van der Waals surface area contributed by atoms with Gasteiger partial charge in [-0.2, -0.15) is 0 Å². The van der Waals surface area contributed by atoms with Gasteiger partial charge in [-0.3, -0.25) is 0 Å². The molecule has 19 heavy (non-hydrogen) atoms. The molecule has 0 aliphatic carbocycles. The van der Waals surface area contributed by atoms with E-state index in [1.165, 1.54) is 0 Å². The summed E-state index contributed by atoms with van der Waals surface area (Å²) in [6.45, 7) is 13.4. The Morgan fingerprint density at radius 1 is 1.16 bits per heavy atom. The summed E-state index contributed by atoms with van der Waals surface area (Å²) in [6.07, 6.45) is 1.15. The van der Waals surface area contributed by atoms with E-state index < -0.39 is 11.9 Å². The van der Waals surface area contributed by atoms with Crippen LogP contribution >= 0.6 is 19.4 Å². The second-order valence-corrected chi connectivity index (χ2v) is 14.3. The zero-order chi connectivity index (χ0) is 14.6. The third-order valence-electron chi connectivity index (χ3n) is 3.05. The molecule has 0 atom stereocenters. The van der Waals surface area contributed by atoms with E-state index >= 15 is 0 Å². The van der Waals surface area contributed by atoms with E-state index in [4.69, 9.17) is 24.1 Å². The molecule has 0 aromatic rings. The normalized spacial score (nSPS) is 20.4. The van der Waals surface area contributed by atoms with Gasteiger partial charge in [-0.1, -0.05) is 0 Å². The monoisotopic (exact) mass is 398 g/mol. The first-order chi connectivity index (χ1) is 8.81. The summed E-state index contributed by atoms with van der Waals surface area (Å²) in [5, 5.41) is 0. The molecule has 0 aromatic heterocycles. The Kier molecular flexibility index (Phi) is 7.27. The van der Waals surface area contributed by atoms with Gasteiger partial charge in [0, 0.05) is 0 Å². The predicted octanol–water partition coefficient (Wildman–Crippen LogP) is 3.16. The van der Waals surface area contributed by atoms with Crippen LogP contribution in [0, 0.1) is 0 Å². The van der Waals surface area contributed by atoms with Crippen molar-refractivity contribution in [3.63, 3.8) is 0 Å². The molecule has 0 saturated carbocycles. The molecule has 1 aliphatic heterocycles. The van der Waals surface area contributed by atoms with Crippen LogP contribution in [-0.4, -0.2) is 50.7 Å². The van der Waals surface area contributed by atoms with E-state index in [9.17, 15) is 0 Å². The van der Waals surface area contributed by atoms with Crippen molar-refractivity contribution < 1.29 is 16.6 Å². The van der Waals surface area contributed by atoms with E-state index in [0.717, 1.165) is 23.9 Å². The van der Waals surface area contributed by atoms with Crippen molar-refractivity contribution in [2.45, 2.75) is 53.1 Å². The maximum absolute atomic E-state index is 6.71. The molecule has 0 amide bonds. The van der Waals surface area contributed by atoms with E-state index in [2.05, 4.69) is 37.5 Å². The van der Waals surface area contributed by atoms with Gasteiger partial charge >= 0.3 is 128 Å². The molecule has 1 heterocycles. The van der Waals surface area contributed by atoms with E-state index in [1.807, 2.05) is 6.92 Å². The van der Waals surface area contributed by atoms with Crippen LogP contribution in [-0.2, 0) is 16.6 Å². The van der Waals surface area contributed by atoms with Crippen LogP contribution < -0.4 is 0 Å². The second-order valence-electron chi connectivity index (χ2n) is 5.17. The standard InChI is InChI=1S/C10H20N2.C3H6O.2ClH.Ru/c1-9(2)11-6-5-7-12(8-11)10(3)4;1-3-4-2;;;/h9-10H,5-7H2,1-4H3;2H,3H2,1H3;2*1H;/q;;;;+2/p-2. The Balaban J connectivity index is 3.35. The minimum absolute atomic E-state index is 0.407. The van der Waals surface area contributed by atoms with Gasteiger partial charge in [0.25, 0.3) is 0 Å². The second kappa shape index (κ2) is 7.72. The molecule has 0 spiro atoms. The minimum atomic E-state index is -3.07. The summed E-state index contributed by atoms with van der Waals surface area (Å²) in [6, 6.07) is 0.814. The molecule has 1 fully saturated rings. The molecule has 0 bridgehead atoms. The van der Waals surface area contributed by atoms with Gasteiger partial charge in [0.1, 0.15) is 0 Å². The molecule has 1 aliphatic rings. The van der Waals surface area contributed by atoms with Gasteiger partial charge in [-0.15, -0.1) is 0 Å². The van der Waals surface area contributed by atoms with Gasteiger partial charge in [0.2, 0.25) is 0 Å². The molecular weight excluding hydrogens is 372 g/mol. The third-order valence-corrected chi connectivity index (χ3v) is 8.04. The van der Waals surface area contributed by atoms with Crippen LogP contribution in [0.25, 0.3) is 0 Å². The zero-order valence-corrected chi connectivity index (χ0v) is 15.7. The van der Waals surface area contributed by atoms with Crippen molar-refractivity contribution in [3.05, 3.63) is 0 Å². The zero-order valence-electron chi connectivity index (χ0n) is 12.5. The number of hydrogen-bond donors (Lipinski definition) is 0. The summed E-state index contributed by atoms with van der Waals surface area (Å²) in [5.74, 6) is 0. The van der Waals surface area contributed by atoms with Crippen LogP contribution in [0.15, 0.2) is 0 Å². The number of halogens is 2. The fourth-order valence-electron chi connectivity index (χ4n) is 2.13. The number of rotatable bonds is 4. The summed E-state index contributed by atoms with van der Waals surface area (Å²) in [7, 11) is 13.4. The molecule has 116 valence electrons. The van der Waals surface area contributed by atoms with Crippen LogP contribution in [0.2, 0.25) is 0 Å². The van der Waals surface area contributed by atoms with Crippen molar-refractivity contribution >= 4 is 28.5 Å². The first kappa shape index (κ1) is 17.9. The fraction of sp³-hybridized carbons (Fsp3) is 0.846. The SMILES string of the molecule is CCO[CH]=[Ru]([Cl])([Cl])=[C]1N(C(C)C)CCCN1C(C)C. The number of ether oxygens (including phenoxy) is 1. The van der Waals surface area contributed by atoms with Gasteiger partial charge < -0.3 is 0 Å². The molecule has 0 N–H and O–H groups in total. The number of hydrogen-bond acceptors (Lipinski definition) is 3.